The number of nitrogens with zero attached hydrogens (tertiary/aromatic N) is 3. The molecule has 1 aliphatic heterocycles. The van der Waals surface area contributed by atoms with Crippen molar-refractivity contribution in [2.75, 3.05) is 52.9 Å². The summed E-state index contributed by atoms with van der Waals surface area (Å²) in [5, 5.41) is 7.96. The average molecular weight is 500 g/mol. The van der Waals surface area contributed by atoms with Gasteiger partial charge in [0.1, 0.15) is 0 Å². The van der Waals surface area contributed by atoms with E-state index in [-0.39, 0.29) is 24.0 Å². The molecule has 0 amide bonds. The summed E-state index contributed by atoms with van der Waals surface area (Å²) in [5.41, 5.74) is 1.000. The van der Waals surface area contributed by atoms with Crippen LogP contribution in [0.5, 0.6) is 0 Å². The van der Waals surface area contributed by atoms with Gasteiger partial charge in [0.05, 0.1) is 0 Å². The molecule has 0 spiro atoms. The molecule has 0 saturated carbocycles. The number of aliphatic imine (C=N–C) groups is 1. The third-order valence-electron chi connectivity index (χ3n) is 4.32. The number of benzene rings is 1. The molecule has 1 aromatic rings. The Labute approximate surface area is 178 Å². The SMILES string of the molecule is CCN1CCN(CCNC(=NC)NCc2ccc(Cl)cc2Cl)CC1.I. The lowest BCUT2D eigenvalue weighted by Crippen LogP contribution is -2.49. The summed E-state index contributed by atoms with van der Waals surface area (Å²) in [5.74, 6) is 0.785. The van der Waals surface area contributed by atoms with E-state index in [2.05, 4.69) is 32.3 Å². The highest BCUT2D eigenvalue weighted by Gasteiger charge is 2.14. The van der Waals surface area contributed by atoms with Crippen LogP contribution in [0.1, 0.15) is 12.5 Å². The maximum atomic E-state index is 6.19. The Morgan fingerprint density at radius 2 is 1.80 bits per heavy atom. The van der Waals surface area contributed by atoms with Gasteiger partial charge < -0.3 is 15.5 Å². The number of hydrogen-bond acceptors (Lipinski definition) is 3. The van der Waals surface area contributed by atoms with E-state index in [4.69, 9.17) is 23.2 Å². The Morgan fingerprint density at radius 3 is 2.40 bits per heavy atom. The van der Waals surface area contributed by atoms with Crippen LogP contribution in [0.3, 0.4) is 0 Å². The molecule has 0 unspecified atom stereocenters. The number of likely N-dealkylation sites (N-methyl/N-ethyl adjacent to an activating group) is 1. The van der Waals surface area contributed by atoms with Gasteiger partial charge in [-0.1, -0.05) is 36.2 Å². The van der Waals surface area contributed by atoms with Crippen LogP contribution in [0.25, 0.3) is 0 Å². The number of guanidine groups is 1. The normalized spacial score (nSPS) is 16.4. The lowest BCUT2D eigenvalue weighted by Gasteiger charge is -2.34. The third kappa shape index (κ3) is 7.86. The highest BCUT2D eigenvalue weighted by molar-refractivity contribution is 14.0. The Morgan fingerprint density at radius 1 is 1.12 bits per heavy atom. The standard InChI is InChI=1S/C17H27Cl2N5.HI/c1-3-23-8-10-24(11-9-23)7-6-21-17(20-2)22-13-14-4-5-15(18)12-16(14)19;/h4-5,12H,3,6-11,13H2,1-2H3,(H2,20,21,22);1H. The van der Waals surface area contributed by atoms with E-state index >= 15 is 0 Å². The summed E-state index contributed by atoms with van der Waals surface area (Å²) in [6.07, 6.45) is 0. The van der Waals surface area contributed by atoms with Crippen molar-refractivity contribution in [1.82, 2.24) is 20.4 Å². The monoisotopic (exact) mass is 499 g/mol. The number of nitrogens with one attached hydrogen (secondary N) is 2. The zero-order valence-corrected chi connectivity index (χ0v) is 18.7. The molecule has 1 fully saturated rings. The van der Waals surface area contributed by atoms with Gasteiger partial charge in [0.2, 0.25) is 0 Å². The van der Waals surface area contributed by atoms with Crippen molar-refractivity contribution in [3.05, 3.63) is 33.8 Å². The van der Waals surface area contributed by atoms with Crippen LogP contribution in [0, 0.1) is 0 Å². The largest absolute Gasteiger partial charge is 0.355 e. The van der Waals surface area contributed by atoms with E-state index in [1.54, 1.807) is 13.1 Å². The van der Waals surface area contributed by atoms with Crippen LogP contribution in [0.2, 0.25) is 10.0 Å². The first-order valence-corrected chi connectivity index (χ1v) is 9.21. The van der Waals surface area contributed by atoms with Gasteiger partial charge in [-0.2, -0.15) is 0 Å². The van der Waals surface area contributed by atoms with Gasteiger partial charge >= 0.3 is 0 Å². The second kappa shape index (κ2) is 12.2. The third-order valence-corrected chi connectivity index (χ3v) is 4.90. The quantitative estimate of drug-likeness (QED) is 0.359. The fourth-order valence-electron chi connectivity index (χ4n) is 2.73. The molecule has 0 bridgehead atoms. The van der Waals surface area contributed by atoms with Crippen molar-refractivity contribution in [3.8, 4) is 0 Å². The van der Waals surface area contributed by atoms with E-state index < -0.39 is 0 Å². The number of piperazine rings is 1. The van der Waals surface area contributed by atoms with E-state index in [9.17, 15) is 0 Å². The van der Waals surface area contributed by atoms with Gasteiger partial charge in [0.25, 0.3) is 0 Å². The molecule has 25 heavy (non-hydrogen) atoms. The minimum atomic E-state index is 0. The van der Waals surface area contributed by atoms with Crippen LogP contribution < -0.4 is 10.6 Å². The average Bonchev–Trinajstić information content (AvgIpc) is 2.59. The molecule has 2 N–H and O–H groups in total. The van der Waals surface area contributed by atoms with Gasteiger partial charge in [0, 0.05) is 62.9 Å². The molecule has 1 saturated heterocycles. The summed E-state index contributed by atoms with van der Waals surface area (Å²) in [7, 11) is 1.78. The van der Waals surface area contributed by atoms with Crippen LogP contribution in [0.15, 0.2) is 23.2 Å². The van der Waals surface area contributed by atoms with Crippen LogP contribution in [-0.2, 0) is 6.54 Å². The smallest absolute Gasteiger partial charge is 0.191 e. The molecule has 1 aliphatic rings. The molecule has 0 radical (unpaired) electrons. The van der Waals surface area contributed by atoms with Crippen molar-refractivity contribution < 1.29 is 0 Å². The summed E-state index contributed by atoms with van der Waals surface area (Å²) >= 11 is 12.1. The van der Waals surface area contributed by atoms with Crippen molar-refractivity contribution in [1.29, 1.82) is 0 Å². The Bertz CT molecular complexity index is 548. The zero-order valence-electron chi connectivity index (χ0n) is 14.9. The Hall–Kier alpha value is -0.280. The van der Waals surface area contributed by atoms with Crippen molar-refractivity contribution in [2.45, 2.75) is 13.5 Å². The highest BCUT2D eigenvalue weighted by atomic mass is 127. The molecule has 1 heterocycles. The summed E-state index contributed by atoms with van der Waals surface area (Å²) in [6.45, 7) is 10.5. The second-order valence-corrected chi connectivity index (χ2v) is 6.71. The highest BCUT2D eigenvalue weighted by Crippen LogP contribution is 2.20. The molecule has 0 aromatic heterocycles. The second-order valence-electron chi connectivity index (χ2n) is 5.86. The van der Waals surface area contributed by atoms with Gasteiger partial charge in [-0.05, 0) is 24.2 Å². The summed E-state index contributed by atoms with van der Waals surface area (Å²) in [6, 6.07) is 5.53. The van der Waals surface area contributed by atoms with Gasteiger partial charge in [-0.3, -0.25) is 9.89 Å². The maximum absolute atomic E-state index is 6.19. The predicted molar refractivity (Wildman–Crippen MR) is 119 cm³/mol. The van der Waals surface area contributed by atoms with E-state index in [0.717, 1.165) is 44.2 Å². The van der Waals surface area contributed by atoms with E-state index in [1.165, 1.54) is 13.1 Å². The van der Waals surface area contributed by atoms with Gasteiger partial charge in [-0.25, -0.2) is 0 Å². The Balaban J connectivity index is 0.00000312. The molecule has 8 heteroatoms. The van der Waals surface area contributed by atoms with Crippen molar-refractivity contribution in [2.24, 2.45) is 4.99 Å². The summed E-state index contributed by atoms with van der Waals surface area (Å²) < 4.78 is 0. The van der Waals surface area contributed by atoms with Crippen LogP contribution in [-0.4, -0.2) is 68.6 Å². The molecule has 1 aromatic carbocycles. The fraction of sp³-hybridized carbons (Fsp3) is 0.588. The van der Waals surface area contributed by atoms with Gasteiger partial charge in [-0.15, -0.1) is 24.0 Å². The first-order valence-electron chi connectivity index (χ1n) is 8.45. The first kappa shape index (κ1) is 22.8. The molecule has 142 valence electrons. The molecule has 0 atom stereocenters. The molecule has 5 nitrogen and oxygen atoms in total. The Kier molecular flexibility index (Phi) is 11.1. The van der Waals surface area contributed by atoms with E-state index in [1.807, 2.05) is 12.1 Å². The topological polar surface area (TPSA) is 42.9 Å². The zero-order chi connectivity index (χ0) is 17.4. The summed E-state index contributed by atoms with van der Waals surface area (Å²) in [4.78, 5) is 9.23. The van der Waals surface area contributed by atoms with Crippen molar-refractivity contribution >= 4 is 53.1 Å². The molecule has 0 aliphatic carbocycles. The number of hydrogen-bond donors (Lipinski definition) is 2. The lowest BCUT2D eigenvalue weighted by atomic mass is 10.2. The van der Waals surface area contributed by atoms with Crippen LogP contribution >= 0.6 is 47.2 Å². The van der Waals surface area contributed by atoms with Crippen LogP contribution in [0.4, 0.5) is 0 Å². The first-order chi connectivity index (χ1) is 11.6. The maximum Gasteiger partial charge on any atom is 0.191 e. The lowest BCUT2D eigenvalue weighted by molar-refractivity contribution is 0.139. The number of rotatable bonds is 6. The van der Waals surface area contributed by atoms with Gasteiger partial charge in [0.15, 0.2) is 5.96 Å². The number of halogens is 3. The van der Waals surface area contributed by atoms with E-state index in [0.29, 0.717) is 16.6 Å². The molecule has 2 rings (SSSR count). The minimum Gasteiger partial charge on any atom is -0.355 e. The predicted octanol–water partition coefficient (Wildman–Crippen LogP) is 2.91. The molecular formula is C17H28Cl2IN5. The minimum absolute atomic E-state index is 0. The fourth-order valence-corrected chi connectivity index (χ4v) is 3.20. The van der Waals surface area contributed by atoms with Crippen molar-refractivity contribution in [3.63, 3.8) is 0 Å². The molecular weight excluding hydrogens is 472 g/mol.